The number of aromatic nitrogens is 1. The van der Waals surface area contributed by atoms with E-state index < -0.39 is 18.0 Å². The Kier molecular flexibility index (Phi) is 8.05. The fraction of sp³-hybridized carbons (Fsp3) is 0.370. The van der Waals surface area contributed by atoms with Gasteiger partial charge in [-0.1, -0.05) is 24.3 Å². The minimum Gasteiger partial charge on any atom is -0.488 e. The molecule has 1 unspecified atom stereocenters. The van der Waals surface area contributed by atoms with E-state index in [0.29, 0.717) is 17.9 Å². The fourth-order valence-electron chi connectivity index (χ4n) is 4.18. The summed E-state index contributed by atoms with van der Waals surface area (Å²) in [6, 6.07) is 14.9. The average Bonchev–Trinajstić information content (AvgIpc) is 3.05. The van der Waals surface area contributed by atoms with Crippen LogP contribution >= 0.6 is 0 Å². The first-order valence-corrected chi connectivity index (χ1v) is 11.7. The Morgan fingerprint density at radius 3 is 2.40 bits per heavy atom. The van der Waals surface area contributed by atoms with Crippen molar-refractivity contribution >= 4 is 0 Å². The second kappa shape index (κ2) is 11.2. The van der Waals surface area contributed by atoms with Crippen LogP contribution in [0.1, 0.15) is 29.2 Å². The van der Waals surface area contributed by atoms with Crippen molar-refractivity contribution in [2.45, 2.75) is 38.8 Å². The second-order valence-electron chi connectivity index (χ2n) is 8.55. The van der Waals surface area contributed by atoms with Gasteiger partial charge in [-0.2, -0.15) is 13.2 Å². The minimum atomic E-state index is -4.34. The summed E-state index contributed by atoms with van der Waals surface area (Å²) in [7, 11) is 0. The topological polar surface area (TPSA) is 54.8 Å². The Morgan fingerprint density at radius 1 is 1.00 bits per heavy atom. The molecule has 1 aromatic heterocycles. The lowest BCUT2D eigenvalue weighted by Gasteiger charge is -2.19. The van der Waals surface area contributed by atoms with E-state index in [2.05, 4.69) is 16.0 Å². The molecule has 3 aromatic rings. The van der Waals surface area contributed by atoms with Crippen molar-refractivity contribution in [3.05, 3.63) is 83.0 Å². The molecule has 0 aliphatic carbocycles. The minimum absolute atomic E-state index is 0.0915. The quantitative estimate of drug-likeness (QED) is 0.449. The highest BCUT2D eigenvalue weighted by Crippen LogP contribution is 2.30. The first-order chi connectivity index (χ1) is 16.8. The molecule has 1 aliphatic rings. The summed E-state index contributed by atoms with van der Waals surface area (Å²) in [5.41, 5.74) is 4.23. The summed E-state index contributed by atoms with van der Waals surface area (Å²) in [5.74, 6) is 0.721. The Morgan fingerprint density at radius 2 is 1.74 bits per heavy atom. The molecule has 186 valence electrons. The number of rotatable bonds is 8. The van der Waals surface area contributed by atoms with Crippen molar-refractivity contribution in [2.24, 2.45) is 0 Å². The molecule has 1 atom stereocenters. The van der Waals surface area contributed by atoms with E-state index in [4.69, 9.17) is 9.47 Å². The number of nitrogens with zero attached hydrogens (tertiary/aromatic N) is 2. The molecule has 0 bridgehead atoms. The maximum atomic E-state index is 12.8. The van der Waals surface area contributed by atoms with Crippen LogP contribution in [0.5, 0.6) is 5.75 Å². The van der Waals surface area contributed by atoms with Crippen molar-refractivity contribution in [1.29, 1.82) is 0 Å². The summed E-state index contributed by atoms with van der Waals surface area (Å²) in [5, 5.41) is 9.69. The number of benzene rings is 2. The molecule has 4 rings (SSSR count). The van der Waals surface area contributed by atoms with Gasteiger partial charge in [0.2, 0.25) is 0 Å². The Hall–Kier alpha value is -2.94. The molecular formula is C27H29F3N2O3. The number of hydrogen-bond acceptors (Lipinski definition) is 5. The van der Waals surface area contributed by atoms with Crippen LogP contribution < -0.4 is 4.74 Å². The van der Waals surface area contributed by atoms with Crippen LogP contribution in [0.2, 0.25) is 0 Å². The van der Waals surface area contributed by atoms with Gasteiger partial charge in [0, 0.05) is 38.0 Å². The lowest BCUT2D eigenvalue weighted by Crippen LogP contribution is -2.25. The monoisotopic (exact) mass is 486 g/mol. The molecule has 0 radical (unpaired) electrons. The van der Waals surface area contributed by atoms with Crippen LogP contribution in [-0.2, 0) is 30.3 Å². The molecular weight excluding hydrogens is 457 g/mol. The smallest absolute Gasteiger partial charge is 0.416 e. The molecule has 8 heteroatoms. The number of ether oxygens (including phenoxy) is 2. The standard InChI is InChI=1S/C27H29F3N2O3/c1-2-34-26(33)18-35-24-9-6-20-11-13-32(14-12-22(20)15-24)17-19-3-10-25(31-16-19)21-4-7-23(8-5-21)27(28,29)30/h3-10,15-16,26,33H,2,11-14,17-18H2,1H3. The van der Waals surface area contributed by atoms with Gasteiger partial charge in [0.05, 0.1) is 11.3 Å². The summed E-state index contributed by atoms with van der Waals surface area (Å²) < 4.78 is 49.1. The van der Waals surface area contributed by atoms with Crippen molar-refractivity contribution in [2.75, 3.05) is 26.3 Å². The molecule has 0 spiro atoms. The maximum Gasteiger partial charge on any atom is 0.416 e. The molecule has 0 saturated carbocycles. The Balaban J connectivity index is 1.33. The number of fused-ring (bicyclic) bond motifs is 1. The van der Waals surface area contributed by atoms with Crippen LogP contribution in [0, 0.1) is 0 Å². The lowest BCUT2D eigenvalue weighted by atomic mass is 10.0. The highest BCUT2D eigenvalue weighted by molar-refractivity contribution is 5.59. The molecule has 35 heavy (non-hydrogen) atoms. The fourth-order valence-corrected chi connectivity index (χ4v) is 4.18. The summed E-state index contributed by atoms with van der Waals surface area (Å²) in [4.78, 5) is 6.84. The van der Waals surface area contributed by atoms with Gasteiger partial charge in [-0.05, 0) is 66.8 Å². The average molecular weight is 487 g/mol. The van der Waals surface area contributed by atoms with Crippen LogP contribution in [0.4, 0.5) is 13.2 Å². The van der Waals surface area contributed by atoms with Gasteiger partial charge in [-0.15, -0.1) is 0 Å². The van der Waals surface area contributed by atoms with Gasteiger partial charge in [0.1, 0.15) is 12.4 Å². The number of aliphatic hydroxyl groups excluding tert-OH is 1. The number of aliphatic hydroxyl groups is 1. The van der Waals surface area contributed by atoms with Crippen LogP contribution in [-0.4, -0.2) is 47.6 Å². The summed E-state index contributed by atoms with van der Waals surface area (Å²) in [6.45, 7) is 4.89. The third-order valence-corrected chi connectivity index (χ3v) is 6.06. The molecule has 1 N–H and O–H groups in total. The van der Waals surface area contributed by atoms with E-state index >= 15 is 0 Å². The van der Waals surface area contributed by atoms with Crippen molar-refractivity contribution in [1.82, 2.24) is 9.88 Å². The molecule has 0 fully saturated rings. The van der Waals surface area contributed by atoms with Gasteiger partial charge in [0.15, 0.2) is 6.29 Å². The van der Waals surface area contributed by atoms with Gasteiger partial charge >= 0.3 is 6.18 Å². The molecule has 2 aromatic carbocycles. The van der Waals surface area contributed by atoms with Gasteiger partial charge in [0.25, 0.3) is 0 Å². The molecule has 2 heterocycles. The van der Waals surface area contributed by atoms with Gasteiger partial charge < -0.3 is 14.6 Å². The first kappa shape index (κ1) is 25.2. The number of alkyl halides is 3. The predicted octanol–water partition coefficient (Wildman–Crippen LogP) is 5.10. The van der Waals surface area contributed by atoms with Crippen molar-refractivity contribution < 1.29 is 27.8 Å². The number of pyridine rings is 1. The third-order valence-electron chi connectivity index (χ3n) is 6.06. The maximum absolute atomic E-state index is 12.8. The van der Waals surface area contributed by atoms with Crippen molar-refractivity contribution in [3.63, 3.8) is 0 Å². The van der Waals surface area contributed by atoms with E-state index in [0.717, 1.165) is 55.9 Å². The van der Waals surface area contributed by atoms with Crippen LogP contribution in [0.15, 0.2) is 60.8 Å². The van der Waals surface area contributed by atoms with E-state index in [1.807, 2.05) is 31.2 Å². The molecule has 5 nitrogen and oxygen atoms in total. The zero-order valence-electron chi connectivity index (χ0n) is 19.6. The van der Waals surface area contributed by atoms with Gasteiger partial charge in [-0.25, -0.2) is 0 Å². The molecule has 1 aliphatic heterocycles. The van der Waals surface area contributed by atoms with E-state index in [1.54, 1.807) is 6.20 Å². The normalized spacial score (nSPS) is 15.3. The highest BCUT2D eigenvalue weighted by atomic mass is 19.4. The van der Waals surface area contributed by atoms with E-state index in [-0.39, 0.29) is 6.61 Å². The number of hydrogen-bond donors (Lipinski definition) is 1. The third kappa shape index (κ3) is 6.81. The summed E-state index contributed by atoms with van der Waals surface area (Å²) >= 11 is 0. The van der Waals surface area contributed by atoms with Crippen LogP contribution in [0.25, 0.3) is 11.3 Å². The van der Waals surface area contributed by atoms with Crippen molar-refractivity contribution in [3.8, 4) is 17.0 Å². The molecule has 0 amide bonds. The van der Waals surface area contributed by atoms with Crippen LogP contribution in [0.3, 0.4) is 0 Å². The SMILES string of the molecule is CCOC(O)COc1ccc2c(c1)CCN(Cc1ccc(-c3ccc(C(F)(F)F)cc3)nc1)CC2. The lowest BCUT2D eigenvalue weighted by molar-refractivity contribution is -0.137. The largest absolute Gasteiger partial charge is 0.488 e. The van der Waals surface area contributed by atoms with Gasteiger partial charge in [-0.3, -0.25) is 9.88 Å². The van der Waals surface area contributed by atoms with E-state index in [1.165, 1.54) is 23.3 Å². The molecule has 0 saturated heterocycles. The zero-order chi connectivity index (χ0) is 24.8. The predicted molar refractivity (Wildman–Crippen MR) is 127 cm³/mol. The zero-order valence-corrected chi connectivity index (χ0v) is 19.6. The Bertz CT molecular complexity index is 1100. The second-order valence-corrected chi connectivity index (χ2v) is 8.55. The highest BCUT2D eigenvalue weighted by Gasteiger charge is 2.30. The summed E-state index contributed by atoms with van der Waals surface area (Å²) in [6.07, 6.45) is -1.68. The first-order valence-electron chi connectivity index (χ1n) is 11.7. The number of halogens is 3. The van der Waals surface area contributed by atoms with E-state index in [9.17, 15) is 18.3 Å². The Labute approximate surface area is 203 Å².